The first-order valence-corrected chi connectivity index (χ1v) is 8.99. The Labute approximate surface area is 149 Å². The third-order valence-electron chi connectivity index (χ3n) is 5.19. The lowest BCUT2D eigenvalue weighted by molar-refractivity contribution is -0.135. The van der Waals surface area contributed by atoms with Crippen molar-refractivity contribution in [2.75, 3.05) is 46.5 Å². The van der Waals surface area contributed by atoms with Gasteiger partial charge in [0.2, 0.25) is 5.91 Å². The molecule has 0 bridgehead atoms. The fraction of sp³-hybridized carbons (Fsp3) is 0.824. The maximum Gasteiger partial charge on any atom is 0.236 e. The molecular formula is C17H29N5O3. The number of aromatic nitrogens is 3. The molecular weight excluding hydrogens is 322 g/mol. The topological polar surface area (TPSA) is 72.7 Å². The van der Waals surface area contributed by atoms with Crippen LogP contribution in [0.3, 0.4) is 0 Å². The molecule has 25 heavy (non-hydrogen) atoms. The summed E-state index contributed by atoms with van der Waals surface area (Å²) in [5.41, 5.74) is -0.388. The van der Waals surface area contributed by atoms with Crippen LogP contribution in [0.25, 0.3) is 0 Å². The molecule has 8 heteroatoms. The molecule has 140 valence electrons. The van der Waals surface area contributed by atoms with Crippen LogP contribution in [0.2, 0.25) is 0 Å². The Morgan fingerprint density at radius 3 is 2.88 bits per heavy atom. The Morgan fingerprint density at radius 2 is 2.16 bits per heavy atom. The number of hydrogen-bond donors (Lipinski definition) is 0. The molecule has 1 aromatic heterocycles. The fourth-order valence-electron chi connectivity index (χ4n) is 3.50. The van der Waals surface area contributed by atoms with Crippen LogP contribution < -0.4 is 0 Å². The molecule has 3 rings (SSSR count). The van der Waals surface area contributed by atoms with E-state index in [0.29, 0.717) is 51.4 Å². The number of hydrogen-bond acceptors (Lipinski definition) is 6. The Bertz CT molecular complexity index is 565. The minimum Gasteiger partial charge on any atom is -0.377 e. The van der Waals surface area contributed by atoms with Crippen molar-refractivity contribution in [3.05, 3.63) is 12.7 Å². The SMILES string of the molecule is CC(C)N(C)CC(=O)N1CCOCC2(CC(Cn3cnnc3)CO2)C1. The van der Waals surface area contributed by atoms with E-state index in [1.165, 1.54) is 0 Å². The highest BCUT2D eigenvalue weighted by Crippen LogP contribution is 2.33. The largest absolute Gasteiger partial charge is 0.377 e. The predicted octanol–water partition coefficient (Wildman–Crippen LogP) is 0.252. The number of ether oxygens (including phenoxy) is 2. The molecule has 1 amide bonds. The van der Waals surface area contributed by atoms with E-state index < -0.39 is 0 Å². The quantitative estimate of drug-likeness (QED) is 0.757. The zero-order valence-electron chi connectivity index (χ0n) is 15.4. The van der Waals surface area contributed by atoms with Gasteiger partial charge in [-0.1, -0.05) is 0 Å². The van der Waals surface area contributed by atoms with Gasteiger partial charge in [0.05, 0.1) is 32.9 Å². The molecule has 0 aliphatic carbocycles. The summed E-state index contributed by atoms with van der Waals surface area (Å²) < 4.78 is 13.9. The van der Waals surface area contributed by atoms with Crippen molar-refractivity contribution in [3.8, 4) is 0 Å². The van der Waals surface area contributed by atoms with Gasteiger partial charge in [0.1, 0.15) is 18.3 Å². The van der Waals surface area contributed by atoms with E-state index in [-0.39, 0.29) is 11.5 Å². The highest BCUT2D eigenvalue weighted by atomic mass is 16.5. The molecule has 0 N–H and O–H groups in total. The molecule has 2 aliphatic heterocycles. The van der Waals surface area contributed by atoms with Gasteiger partial charge in [-0.25, -0.2) is 0 Å². The standard InChI is InChI=1S/C17H29N5O3/c1-14(2)20(3)8-16(23)22-4-5-24-11-17(10-22)6-15(9-25-17)7-21-12-18-19-13-21/h12-15H,4-11H2,1-3H3. The van der Waals surface area contributed by atoms with Gasteiger partial charge in [0, 0.05) is 25.0 Å². The third-order valence-corrected chi connectivity index (χ3v) is 5.19. The second-order valence-corrected chi connectivity index (χ2v) is 7.60. The molecule has 1 aromatic rings. The third kappa shape index (κ3) is 4.56. The summed E-state index contributed by atoms with van der Waals surface area (Å²) in [6, 6.07) is 0.344. The van der Waals surface area contributed by atoms with E-state index in [1.54, 1.807) is 12.7 Å². The van der Waals surface area contributed by atoms with Crippen LogP contribution in [0.5, 0.6) is 0 Å². The van der Waals surface area contributed by atoms with Crippen LogP contribution in [0, 0.1) is 5.92 Å². The average Bonchev–Trinajstić information content (AvgIpc) is 3.15. The summed E-state index contributed by atoms with van der Waals surface area (Å²) in [5, 5.41) is 7.70. The zero-order chi connectivity index (χ0) is 17.9. The van der Waals surface area contributed by atoms with E-state index in [2.05, 4.69) is 28.9 Å². The maximum absolute atomic E-state index is 12.7. The van der Waals surface area contributed by atoms with Crippen molar-refractivity contribution in [3.63, 3.8) is 0 Å². The van der Waals surface area contributed by atoms with Crippen molar-refractivity contribution in [1.82, 2.24) is 24.6 Å². The van der Waals surface area contributed by atoms with Gasteiger partial charge in [-0.3, -0.25) is 9.69 Å². The first kappa shape index (κ1) is 18.3. The van der Waals surface area contributed by atoms with Gasteiger partial charge in [0.25, 0.3) is 0 Å². The van der Waals surface area contributed by atoms with E-state index in [1.807, 2.05) is 16.5 Å². The Balaban J connectivity index is 1.60. The summed E-state index contributed by atoms with van der Waals surface area (Å²) in [5.74, 6) is 0.528. The molecule has 0 radical (unpaired) electrons. The van der Waals surface area contributed by atoms with Crippen LogP contribution in [0.15, 0.2) is 12.7 Å². The Morgan fingerprint density at radius 1 is 1.40 bits per heavy atom. The molecule has 1 spiro atoms. The maximum atomic E-state index is 12.7. The monoisotopic (exact) mass is 351 g/mol. The van der Waals surface area contributed by atoms with Crippen LogP contribution in [0.1, 0.15) is 20.3 Å². The summed E-state index contributed by atoms with van der Waals surface area (Å²) in [4.78, 5) is 16.7. The first-order chi connectivity index (χ1) is 12.0. The average molecular weight is 351 g/mol. The van der Waals surface area contributed by atoms with Crippen LogP contribution in [0.4, 0.5) is 0 Å². The molecule has 0 aromatic carbocycles. The minimum atomic E-state index is -0.388. The lowest BCUT2D eigenvalue weighted by Gasteiger charge is -2.32. The van der Waals surface area contributed by atoms with Gasteiger partial charge in [-0.2, -0.15) is 0 Å². The predicted molar refractivity (Wildman–Crippen MR) is 92.0 cm³/mol. The molecule has 3 heterocycles. The molecule has 2 aliphatic rings. The minimum absolute atomic E-state index is 0.145. The second kappa shape index (κ2) is 7.80. The van der Waals surface area contributed by atoms with E-state index in [0.717, 1.165) is 13.0 Å². The number of amides is 1. The van der Waals surface area contributed by atoms with Gasteiger partial charge >= 0.3 is 0 Å². The summed E-state index contributed by atoms with van der Waals surface area (Å²) >= 11 is 0. The summed E-state index contributed by atoms with van der Waals surface area (Å²) in [7, 11) is 1.98. The molecule has 2 saturated heterocycles. The van der Waals surface area contributed by atoms with Gasteiger partial charge in [-0.05, 0) is 27.3 Å². The summed E-state index contributed by atoms with van der Waals surface area (Å²) in [6.45, 7) is 8.48. The molecule has 2 atom stereocenters. The second-order valence-electron chi connectivity index (χ2n) is 7.60. The lowest BCUT2D eigenvalue weighted by atomic mass is 9.94. The van der Waals surface area contributed by atoms with Crippen molar-refractivity contribution >= 4 is 5.91 Å². The Hall–Kier alpha value is -1.51. The highest BCUT2D eigenvalue weighted by molar-refractivity contribution is 5.78. The van der Waals surface area contributed by atoms with Crippen molar-refractivity contribution in [2.45, 2.75) is 38.5 Å². The van der Waals surface area contributed by atoms with E-state index in [9.17, 15) is 4.79 Å². The van der Waals surface area contributed by atoms with Gasteiger partial charge in [-0.15, -0.1) is 10.2 Å². The van der Waals surface area contributed by atoms with Crippen molar-refractivity contribution < 1.29 is 14.3 Å². The lowest BCUT2D eigenvalue weighted by Crippen LogP contribution is -2.49. The number of nitrogens with zero attached hydrogens (tertiary/aromatic N) is 5. The summed E-state index contributed by atoms with van der Waals surface area (Å²) in [6.07, 6.45) is 4.34. The number of carbonyl (C=O) groups excluding carboxylic acids is 1. The van der Waals surface area contributed by atoms with Crippen LogP contribution >= 0.6 is 0 Å². The van der Waals surface area contributed by atoms with Crippen LogP contribution in [-0.4, -0.2) is 88.6 Å². The number of rotatable bonds is 5. The molecule has 0 saturated carbocycles. The molecule has 2 unspecified atom stereocenters. The number of carbonyl (C=O) groups is 1. The van der Waals surface area contributed by atoms with Crippen molar-refractivity contribution in [2.24, 2.45) is 5.92 Å². The normalized spacial score (nSPS) is 27.4. The van der Waals surface area contributed by atoms with Gasteiger partial charge < -0.3 is 18.9 Å². The molecule has 8 nitrogen and oxygen atoms in total. The first-order valence-electron chi connectivity index (χ1n) is 8.99. The van der Waals surface area contributed by atoms with Crippen LogP contribution in [-0.2, 0) is 20.8 Å². The van der Waals surface area contributed by atoms with E-state index >= 15 is 0 Å². The fourth-order valence-corrected chi connectivity index (χ4v) is 3.50. The smallest absolute Gasteiger partial charge is 0.236 e. The highest BCUT2D eigenvalue weighted by Gasteiger charge is 2.44. The van der Waals surface area contributed by atoms with Crippen molar-refractivity contribution in [1.29, 1.82) is 0 Å². The number of likely N-dealkylation sites (N-methyl/N-ethyl adjacent to an activating group) is 1. The van der Waals surface area contributed by atoms with Gasteiger partial charge in [0.15, 0.2) is 0 Å². The zero-order valence-corrected chi connectivity index (χ0v) is 15.4. The van der Waals surface area contributed by atoms with E-state index in [4.69, 9.17) is 9.47 Å². The Kier molecular flexibility index (Phi) is 5.71. The molecule has 2 fully saturated rings.